The Kier molecular flexibility index (Phi) is 5.33. The van der Waals surface area contributed by atoms with Gasteiger partial charge in [0.1, 0.15) is 5.75 Å². The molecule has 6 heteroatoms. The monoisotopic (exact) mass is 383 g/mol. The van der Waals surface area contributed by atoms with E-state index >= 15 is 0 Å². The maximum Gasteiger partial charge on any atom is 0.340 e. The van der Waals surface area contributed by atoms with E-state index in [0.717, 1.165) is 5.56 Å². The maximum atomic E-state index is 13.2. The Labute approximate surface area is 162 Å². The van der Waals surface area contributed by atoms with E-state index in [9.17, 15) is 9.59 Å². The molecule has 0 aromatic heterocycles. The van der Waals surface area contributed by atoms with Crippen molar-refractivity contribution in [2.75, 3.05) is 19.1 Å². The van der Waals surface area contributed by atoms with E-state index in [4.69, 9.17) is 21.1 Å². The number of amides is 1. The number of methoxy groups -OCH3 is 2. The second-order valence-corrected chi connectivity index (χ2v) is 6.29. The third-order valence-electron chi connectivity index (χ3n) is 4.29. The molecule has 2 aromatic carbocycles. The summed E-state index contributed by atoms with van der Waals surface area (Å²) in [6.45, 7) is 1.69. The Hall–Kier alpha value is -3.05. The number of ether oxygens (including phenoxy) is 2. The Balaban J connectivity index is 2.16. The van der Waals surface area contributed by atoms with E-state index in [1.165, 1.54) is 12.0 Å². The maximum absolute atomic E-state index is 13.2. The lowest BCUT2D eigenvalue weighted by Gasteiger charge is -2.19. The third kappa shape index (κ3) is 3.46. The summed E-state index contributed by atoms with van der Waals surface area (Å²) < 4.78 is 10.1. The Morgan fingerprint density at radius 3 is 2.52 bits per heavy atom. The van der Waals surface area contributed by atoms with Crippen molar-refractivity contribution in [3.8, 4) is 5.75 Å². The van der Waals surface area contributed by atoms with Gasteiger partial charge in [0.25, 0.3) is 5.91 Å². The average Bonchev–Trinajstić information content (AvgIpc) is 2.92. The molecule has 0 saturated carbocycles. The summed E-state index contributed by atoms with van der Waals surface area (Å²) >= 11 is 6.27. The van der Waals surface area contributed by atoms with E-state index in [-0.39, 0.29) is 17.1 Å². The smallest absolute Gasteiger partial charge is 0.340 e. The molecule has 5 nitrogen and oxygen atoms in total. The van der Waals surface area contributed by atoms with Crippen LogP contribution in [0.2, 0.25) is 5.02 Å². The number of benzene rings is 2. The first-order chi connectivity index (χ1) is 13.0. The summed E-state index contributed by atoms with van der Waals surface area (Å²) in [4.78, 5) is 27.0. The zero-order valence-electron chi connectivity index (χ0n) is 15.2. The van der Waals surface area contributed by atoms with Crippen molar-refractivity contribution in [2.45, 2.75) is 6.92 Å². The number of rotatable bonds is 4. The largest absolute Gasteiger partial charge is 0.497 e. The van der Waals surface area contributed by atoms with Crippen molar-refractivity contribution >= 4 is 35.2 Å². The molecular formula is C21H18ClNO4. The third-order valence-corrected chi connectivity index (χ3v) is 4.61. The predicted octanol–water partition coefficient (Wildman–Crippen LogP) is 4.23. The lowest BCUT2D eigenvalue weighted by atomic mass is 10.0. The minimum atomic E-state index is -0.579. The predicted molar refractivity (Wildman–Crippen MR) is 105 cm³/mol. The first kappa shape index (κ1) is 18.7. The van der Waals surface area contributed by atoms with Gasteiger partial charge in [-0.25, -0.2) is 4.79 Å². The quantitative estimate of drug-likeness (QED) is 0.585. The van der Waals surface area contributed by atoms with Gasteiger partial charge in [-0.1, -0.05) is 35.9 Å². The highest BCUT2D eigenvalue weighted by atomic mass is 35.5. The van der Waals surface area contributed by atoms with Crippen LogP contribution < -0.4 is 9.64 Å². The summed E-state index contributed by atoms with van der Waals surface area (Å²) in [5, 5.41) is 0.414. The molecule has 1 amide bonds. The number of para-hydroxylation sites is 1. The molecule has 3 rings (SSSR count). The van der Waals surface area contributed by atoms with Crippen LogP contribution in [-0.2, 0) is 14.3 Å². The second kappa shape index (κ2) is 7.68. The van der Waals surface area contributed by atoms with Gasteiger partial charge in [0.05, 0.1) is 36.1 Å². The highest BCUT2D eigenvalue weighted by molar-refractivity contribution is 6.35. The summed E-state index contributed by atoms with van der Waals surface area (Å²) in [7, 11) is 2.85. The Morgan fingerprint density at radius 2 is 1.85 bits per heavy atom. The highest BCUT2D eigenvalue weighted by Crippen LogP contribution is 2.38. The SMILES string of the molecule is COC(=O)C1=C(C)N(c2ccccc2Cl)C(=O)/C1=C\c1cccc(OC)c1. The highest BCUT2D eigenvalue weighted by Gasteiger charge is 2.38. The van der Waals surface area contributed by atoms with Gasteiger partial charge >= 0.3 is 5.97 Å². The minimum absolute atomic E-state index is 0.213. The fourth-order valence-electron chi connectivity index (χ4n) is 3.00. The van der Waals surface area contributed by atoms with E-state index in [1.807, 2.05) is 12.1 Å². The van der Waals surface area contributed by atoms with Crippen LogP contribution in [0.25, 0.3) is 6.08 Å². The topological polar surface area (TPSA) is 55.8 Å². The number of halogens is 1. The van der Waals surface area contributed by atoms with Gasteiger partial charge in [-0.15, -0.1) is 0 Å². The van der Waals surface area contributed by atoms with E-state index < -0.39 is 5.97 Å². The van der Waals surface area contributed by atoms with Gasteiger partial charge < -0.3 is 9.47 Å². The zero-order chi connectivity index (χ0) is 19.6. The van der Waals surface area contributed by atoms with Crippen LogP contribution in [-0.4, -0.2) is 26.1 Å². The number of carbonyl (C=O) groups is 2. The molecule has 0 saturated heterocycles. The molecular weight excluding hydrogens is 366 g/mol. The molecule has 0 fully saturated rings. The fourth-order valence-corrected chi connectivity index (χ4v) is 3.22. The summed E-state index contributed by atoms with van der Waals surface area (Å²) in [5.74, 6) is -0.272. The normalized spacial score (nSPS) is 15.5. The van der Waals surface area contributed by atoms with Crippen LogP contribution in [0.15, 0.2) is 65.4 Å². The number of carbonyl (C=O) groups excluding carboxylic acids is 2. The number of anilines is 1. The number of allylic oxidation sites excluding steroid dienone is 1. The van der Waals surface area contributed by atoms with Gasteiger partial charge in [0.2, 0.25) is 0 Å². The van der Waals surface area contributed by atoms with Gasteiger partial charge in [-0.2, -0.15) is 0 Å². The summed E-state index contributed by atoms with van der Waals surface area (Å²) in [5.41, 5.74) is 2.16. The van der Waals surface area contributed by atoms with Crippen molar-refractivity contribution in [2.24, 2.45) is 0 Å². The van der Waals surface area contributed by atoms with E-state index in [0.29, 0.717) is 22.2 Å². The lowest BCUT2D eigenvalue weighted by Crippen LogP contribution is -2.24. The van der Waals surface area contributed by atoms with E-state index in [2.05, 4.69) is 0 Å². The molecule has 27 heavy (non-hydrogen) atoms. The fraction of sp³-hybridized carbons (Fsp3) is 0.143. The number of hydrogen-bond donors (Lipinski definition) is 0. The first-order valence-electron chi connectivity index (χ1n) is 8.22. The minimum Gasteiger partial charge on any atom is -0.497 e. The Bertz CT molecular complexity index is 978. The molecule has 0 spiro atoms. The molecule has 1 heterocycles. The standard InChI is InChI=1S/C21H18ClNO4/c1-13-19(21(25)27-3)16(12-14-7-6-8-15(11-14)26-2)20(24)23(13)18-10-5-4-9-17(18)22/h4-12H,1-3H3/b16-12-. The number of nitrogens with zero attached hydrogens (tertiary/aromatic N) is 1. The molecule has 0 aliphatic carbocycles. The first-order valence-corrected chi connectivity index (χ1v) is 8.60. The van der Waals surface area contributed by atoms with Gasteiger partial charge in [0.15, 0.2) is 0 Å². The van der Waals surface area contributed by atoms with Crippen LogP contribution >= 0.6 is 11.6 Å². The van der Waals surface area contributed by atoms with Gasteiger partial charge in [-0.05, 0) is 42.8 Å². The summed E-state index contributed by atoms with van der Waals surface area (Å²) in [6, 6.07) is 14.2. The van der Waals surface area contributed by atoms with Gasteiger partial charge in [-0.3, -0.25) is 9.69 Å². The molecule has 0 radical (unpaired) electrons. The molecule has 0 N–H and O–H groups in total. The molecule has 1 aliphatic heterocycles. The summed E-state index contributed by atoms with van der Waals surface area (Å²) in [6.07, 6.45) is 1.65. The van der Waals surface area contributed by atoms with Crippen molar-refractivity contribution in [3.05, 3.63) is 76.0 Å². The van der Waals surface area contributed by atoms with Gasteiger partial charge in [0, 0.05) is 5.70 Å². The van der Waals surface area contributed by atoms with Crippen LogP contribution in [0.4, 0.5) is 5.69 Å². The average molecular weight is 384 g/mol. The van der Waals surface area contributed by atoms with Crippen LogP contribution in [0.3, 0.4) is 0 Å². The van der Waals surface area contributed by atoms with Crippen molar-refractivity contribution in [1.82, 2.24) is 0 Å². The molecule has 0 atom stereocenters. The second-order valence-electron chi connectivity index (χ2n) is 5.88. The van der Waals surface area contributed by atoms with Crippen molar-refractivity contribution in [1.29, 1.82) is 0 Å². The number of hydrogen-bond acceptors (Lipinski definition) is 4. The van der Waals surface area contributed by atoms with Crippen LogP contribution in [0.5, 0.6) is 5.75 Å². The van der Waals surface area contributed by atoms with Crippen LogP contribution in [0.1, 0.15) is 12.5 Å². The van der Waals surface area contributed by atoms with Crippen molar-refractivity contribution < 1.29 is 19.1 Å². The Morgan fingerprint density at radius 1 is 1.11 bits per heavy atom. The molecule has 0 bridgehead atoms. The number of esters is 1. The molecule has 2 aromatic rings. The van der Waals surface area contributed by atoms with Crippen LogP contribution in [0, 0.1) is 0 Å². The molecule has 1 aliphatic rings. The molecule has 138 valence electrons. The lowest BCUT2D eigenvalue weighted by molar-refractivity contribution is -0.136. The zero-order valence-corrected chi connectivity index (χ0v) is 15.9. The molecule has 0 unspecified atom stereocenters. The van der Waals surface area contributed by atoms with Crippen molar-refractivity contribution in [3.63, 3.8) is 0 Å². The van der Waals surface area contributed by atoms with E-state index in [1.54, 1.807) is 56.5 Å².